The number of hydrogen-bond acceptors (Lipinski definition) is 4. The van der Waals surface area contributed by atoms with Gasteiger partial charge in [0.15, 0.2) is 0 Å². The smallest absolute Gasteiger partial charge is 0.240 e. The molecule has 0 saturated carbocycles. The molecule has 5 nitrogen and oxygen atoms in total. The average molecular weight is 390 g/mol. The molecule has 1 fully saturated rings. The zero-order valence-corrected chi connectivity index (χ0v) is 16.9. The summed E-state index contributed by atoms with van der Waals surface area (Å²) in [5, 5.41) is 0. The van der Waals surface area contributed by atoms with Crippen molar-refractivity contribution in [3.8, 4) is 5.75 Å². The molecule has 1 saturated heterocycles. The van der Waals surface area contributed by atoms with Gasteiger partial charge in [-0.15, -0.1) is 0 Å². The predicted molar refractivity (Wildman–Crippen MR) is 106 cm³/mol. The first-order valence-electron chi connectivity index (χ1n) is 9.17. The van der Waals surface area contributed by atoms with E-state index in [2.05, 4.69) is 16.9 Å². The van der Waals surface area contributed by atoms with Crippen LogP contribution in [0.15, 0.2) is 47.4 Å². The van der Waals surface area contributed by atoms with Gasteiger partial charge in [0.1, 0.15) is 5.75 Å². The van der Waals surface area contributed by atoms with Gasteiger partial charge in [0.05, 0.1) is 12.0 Å². The zero-order valence-electron chi connectivity index (χ0n) is 16.1. The van der Waals surface area contributed by atoms with Crippen LogP contribution in [-0.2, 0) is 20.2 Å². The highest BCUT2D eigenvalue weighted by molar-refractivity contribution is 7.89. The molecule has 1 N–H and O–H groups in total. The number of rotatable bonds is 6. The molecule has 2 aromatic carbocycles. The SMILES string of the molecule is COc1ccc(S(=O)(=O)NCC2(c3ccccc3)CCOCC2)c(C)c1C. The van der Waals surface area contributed by atoms with Crippen LogP contribution in [0, 0.1) is 13.8 Å². The summed E-state index contributed by atoms with van der Waals surface area (Å²) in [4.78, 5) is 0.302. The summed E-state index contributed by atoms with van der Waals surface area (Å²) < 4.78 is 39.8. The summed E-state index contributed by atoms with van der Waals surface area (Å²) in [7, 11) is -2.04. The van der Waals surface area contributed by atoms with Gasteiger partial charge in [0.25, 0.3) is 0 Å². The van der Waals surface area contributed by atoms with E-state index in [1.54, 1.807) is 19.2 Å². The Morgan fingerprint density at radius 3 is 2.33 bits per heavy atom. The molecular formula is C21H27NO4S. The lowest BCUT2D eigenvalue weighted by Gasteiger charge is -2.38. The lowest BCUT2D eigenvalue weighted by Crippen LogP contribution is -2.44. The minimum absolute atomic E-state index is 0.248. The fourth-order valence-electron chi connectivity index (χ4n) is 3.72. The molecule has 27 heavy (non-hydrogen) atoms. The van der Waals surface area contributed by atoms with Crippen molar-refractivity contribution in [1.82, 2.24) is 4.72 Å². The molecule has 1 aliphatic heterocycles. The summed E-state index contributed by atoms with van der Waals surface area (Å²) in [5.41, 5.74) is 2.45. The monoisotopic (exact) mass is 389 g/mol. The van der Waals surface area contributed by atoms with Crippen LogP contribution >= 0.6 is 0 Å². The van der Waals surface area contributed by atoms with Crippen molar-refractivity contribution >= 4 is 10.0 Å². The van der Waals surface area contributed by atoms with Crippen LogP contribution in [0.1, 0.15) is 29.5 Å². The average Bonchev–Trinajstić information content (AvgIpc) is 2.70. The number of methoxy groups -OCH3 is 1. The lowest BCUT2D eigenvalue weighted by molar-refractivity contribution is 0.0517. The minimum Gasteiger partial charge on any atom is -0.496 e. The van der Waals surface area contributed by atoms with Gasteiger partial charge in [0, 0.05) is 25.2 Å². The first-order chi connectivity index (χ1) is 12.9. The van der Waals surface area contributed by atoms with E-state index in [9.17, 15) is 8.42 Å². The summed E-state index contributed by atoms with van der Waals surface area (Å²) in [5.74, 6) is 0.691. The molecule has 0 unspecified atom stereocenters. The molecule has 0 amide bonds. The van der Waals surface area contributed by atoms with Crippen molar-refractivity contribution in [3.05, 3.63) is 59.2 Å². The quantitative estimate of drug-likeness (QED) is 0.823. The number of ether oxygens (including phenoxy) is 2. The summed E-state index contributed by atoms with van der Waals surface area (Å²) in [6, 6.07) is 13.4. The van der Waals surface area contributed by atoms with Gasteiger partial charge in [-0.1, -0.05) is 30.3 Å². The van der Waals surface area contributed by atoms with Crippen molar-refractivity contribution in [2.75, 3.05) is 26.9 Å². The van der Waals surface area contributed by atoms with E-state index in [1.807, 2.05) is 32.0 Å². The van der Waals surface area contributed by atoms with E-state index in [0.29, 0.717) is 36.0 Å². The normalized spacial score (nSPS) is 16.9. The molecule has 0 spiro atoms. The van der Waals surface area contributed by atoms with Gasteiger partial charge in [-0.05, 0) is 55.5 Å². The second-order valence-electron chi connectivity index (χ2n) is 7.10. The van der Waals surface area contributed by atoms with Crippen molar-refractivity contribution in [1.29, 1.82) is 0 Å². The second-order valence-corrected chi connectivity index (χ2v) is 8.83. The Balaban J connectivity index is 1.88. The number of hydrogen-bond donors (Lipinski definition) is 1. The fourth-order valence-corrected chi connectivity index (χ4v) is 5.14. The van der Waals surface area contributed by atoms with E-state index >= 15 is 0 Å². The summed E-state index contributed by atoms with van der Waals surface area (Å²) in [6.45, 7) is 5.31. The van der Waals surface area contributed by atoms with Crippen LogP contribution in [0.25, 0.3) is 0 Å². The van der Waals surface area contributed by atoms with Gasteiger partial charge in [-0.25, -0.2) is 13.1 Å². The third kappa shape index (κ3) is 4.03. The van der Waals surface area contributed by atoms with E-state index < -0.39 is 10.0 Å². The van der Waals surface area contributed by atoms with Crippen LogP contribution in [0.2, 0.25) is 0 Å². The predicted octanol–water partition coefficient (Wildman–Crippen LogP) is 3.34. The Bertz CT molecular complexity index is 888. The summed E-state index contributed by atoms with van der Waals surface area (Å²) in [6.07, 6.45) is 1.58. The highest BCUT2D eigenvalue weighted by Gasteiger charge is 2.36. The molecule has 0 bridgehead atoms. The van der Waals surface area contributed by atoms with Crippen LogP contribution in [0.5, 0.6) is 5.75 Å². The lowest BCUT2D eigenvalue weighted by atomic mass is 9.74. The largest absolute Gasteiger partial charge is 0.496 e. The molecule has 0 aromatic heterocycles. The van der Waals surface area contributed by atoms with E-state index in [0.717, 1.165) is 24.0 Å². The topological polar surface area (TPSA) is 64.6 Å². The molecule has 3 rings (SSSR count). The van der Waals surface area contributed by atoms with Crippen LogP contribution in [-0.4, -0.2) is 35.3 Å². The van der Waals surface area contributed by atoms with Gasteiger partial charge < -0.3 is 9.47 Å². The first kappa shape index (κ1) is 19.9. The Morgan fingerprint density at radius 1 is 1.04 bits per heavy atom. The maximum atomic E-state index is 13.0. The molecule has 0 radical (unpaired) electrons. The van der Waals surface area contributed by atoms with Gasteiger partial charge in [-0.3, -0.25) is 0 Å². The van der Waals surface area contributed by atoms with E-state index in [4.69, 9.17) is 9.47 Å². The highest BCUT2D eigenvalue weighted by atomic mass is 32.2. The maximum Gasteiger partial charge on any atom is 0.240 e. The molecule has 2 aromatic rings. The van der Waals surface area contributed by atoms with Crippen LogP contribution in [0.4, 0.5) is 0 Å². The van der Waals surface area contributed by atoms with Crippen molar-refractivity contribution in [2.24, 2.45) is 0 Å². The van der Waals surface area contributed by atoms with E-state index in [-0.39, 0.29) is 5.41 Å². The molecule has 1 aliphatic rings. The minimum atomic E-state index is -3.63. The third-order valence-corrected chi connectivity index (χ3v) is 7.18. The highest BCUT2D eigenvalue weighted by Crippen LogP contribution is 2.35. The molecular weight excluding hydrogens is 362 g/mol. The van der Waals surface area contributed by atoms with Crippen LogP contribution in [0.3, 0.4) is 0 Å². The molecule has 0 atom stereocenters. The standard InChI is InChI=1S/C21H27NO4S/c1-16-17(2)20(10-9-19(16)25-3)27(23,24)22-15-21(11-13-26-14-12-21)18-7-5-4-6-8-18/h4-10,22H,11-15H2,1-3H3. The zero-order chi connectivity index (χ0) is 19.5. The molecule has 6 heteroatoms. The van der Waals surface area contributed by atoms with Crippen LogP contribution < -0.4 is 9.46 Å². The second kappa shape index (κ2) is 8.00. The maximum absolute atomic E-state index is 13.0. The van der Waals surface area contributed by atoms with Gasteiger partial charge >= 0.3 is 0 Å². The molecule has 1 heterocycles. The molecule has 0 aliphatic carbocycles. The first-order valence-corrected chi connectivity index (χ1v) is 10.7. The number of sulfonamides is 1. The van der Waals surface area contributed by atoms with Gasteiger partial charge in [-0.2, -0.15) is 0 Å². The molecule has 146 valence electrons. The Kier molecular flexibility index (Phi) is 5.89. The third-order valence-electron chi connectivity index (χ3n) is 5.63. The van der Waals surface area contributed by atoms with Gasteiger partial charge in [0.2, 0.25) is 10.0 Å². The Morgan fingerprint density at radius 2 is 1.70 bits per heavy atom. The summed E-state index contributed by atoms with van der Waals surface area (Å²) >= 11 is 0. The van der Waals surface area contributed by atoms with E-state index in [1.165, 1.54) is 0 Å². The van der Waals surface area contributed by atoms with Crippen molar-refractivity contribution in [3.63, 3.8) is 0 Å². The fraction of sp³-hybridized carbons (Fsp3) is 0.429. The van der Waals surface area contributed by atoms with Crippen molar-refractivity contribution in [2.45, 2.75) is 37.0 Å². The Labute approximate surface area is 161 Å². The van der Waals surface area contributed by atoms with Crippen molar-refractivity contribution < 1.29 is 17.9 Å². The number of nitrogens with one attached hydrogen (secondary N) is 1. The number of benzene rings is 2. The Hall–Kier alpha value is -1.89.